The number of nitrogens with zero attached hydrogens (tertiary/aromatic N) is 2. The van der Waals surface area contributed by atoms with Gasteiger partial charge in [0.15, 0.2) is 0 Å². The zero-order valence-electron chi connectivity index (χ0n) is 14.4. The molecule has 1 heterocycles. The quantitative estimate of drug-likeness (QED) is 0.748. The minimum Gasteiger partial charge on any atom is -0.480 e. The molecule has 4 nitrogen and oxygen atoms in total. The van der Waals surface area contributed by atoms with Crippen LogP contribution >= 0.6 is 0 Å². The van der Waals surface area contributed by atoms with E-state index in [-0.39, 0.29) is 6.54 Å². The van der Waals surface area contributed by atoms with E-state index >= 15 is 0 Å². The average Bonchev–Trinajstić information content (AvgIpc) is 2.69. The molecule has 1 atom stereocenters. The third-order valence-electron chi connectivity index (χ3n) is 5.61. The Morgan fingerprint density at radius 2 is 1.81 bits per heavy atom. The van der Waals surface area contributed by atoms with E-state index in [1.807, 2.05) is 11.9 Å². The van der Waals surface area contributed by atoms with Gasteiger partial charge in [0.05, 0.1) is 6.54 Å². The molecule has 1 N–H and O–H groups in total. The van der Waals surface area contributed by atoms with E-state index in [1.165, 1.54) is 38.8 Å². The molecule has 1 aliphatic rings. The molecule has 124 valence electrons. The maximum atomic E-state index is 10.9. The van der Waals surface area contributed by atoms with Gasteiger partial charge in [0.1, 0.15) is 0 Å². The molecule has 0 bridgehead atoms. The van der Waals surface area contributed by atoms with Gasteiger partial charge in [-0.3, -0.25) is 9.69 Å². The fraction of sp³-hybridized carbons (Fsp3) is 0.941. The molecule has 0 aromatic heterocycles. The van der Waals surface area contributed by atoms with Crippen molar-refractivity contribution in [1.29, 1.82) is 0 Å². The second-order valence-corrected chi connectivity index (χ2v) is 6.73. The molecule has 1 aliphatic heterocycles. The Labute approximate surface area is 130 Å². The Bertz CT molecular complexity index is 308. The van der Waals surface area contributed by atoms with Crippen molar-refractivity contribution in [2.45, 2.75) is 65.3 Å². The summed E-state index contributed by atoms with van der Waals surface area (Å²) in [5.74, 6) is -0.722. The molecule has 0 saturated carbocycles. The monoisotopic (exact) mass is 298 g/mol. The van der Waals surface area contributed by atoms with Crippen molar-refractivity contribution < 1.29 is 9.90 Å². The van der Waals surface area contributed by atoms with Crippen molar-refractivity contribution in [3.05, 3.63) is 0 Å². The van der Waals surface area contributed by atoms with Crippen molar-refractivity contribution in [2.75, 3.05) is 33.2 Å². The summed E-state index contributed by atoms with van der Waals surface area (Å²) in [5, 5.41) is 8.93. The highest BCUT2D eigenvalue weighted by atomic mass is 16.4. The fourth-order valence-corrected chi connectivity index (χ4v) is 3.64. The third kappa shape index (κ3) is 5.59. The first kappa shape index (κ1) is 18.4. The highest BCUT2D eigenvalue weighted by Gasteiger charge is 2.29. The zero-order chi connectivity index (χ0) is 15.9. The van der Waals surface area contributed by atoms with Crippen LogP contribution in [0.25, 0.3) is 0 Å². The van der Waals surface area contributed by atoms with E-state index in [2.05, 4.69) is 25.7 Å². The van der Waals surface area contributed by atoms with Gasteiger partial charge in [-0.2, -0.15) is 0 Å². The average molecular weight is 298 g/mol. The van der Waals surface area contributed by atoms with E-state index in [1.54, 1.807) is 0 Å². The van der Waals surface area contributed by atoms with Crippen LogP contribution in [0.2, 0.25) is 0 Å². The number of carbonyl (C=O) groups is 1. The first-order valence-corrected chi connectivity index (χ1v) is 8.60. The molecular formula is C17H34N2O2. The zero-order valence-corrected chi connectivity index (χ0v) is 14.4. The fourth-order valence-electron chi connectivity index (χ4n) is 3.64. The second kappa shape index (κ2) is 8.74. The maximum Gasteiger partial charge on any atom is 0.317 e. The maximum absolute atomic E-state index is 10.9. The van der Waals surface area contributed by atoms with Gasteiger partial charge in [-0.25, -0.2) is 0 Å². The standard InChI is InChI=1S/C17H34N2O2/c1-5-17(6-2,7-3)14-19-11-8-9-15(10-12-19)18(4)13-16(20)21/h15H,5-14H2,1-4H3,(H,20,21). The van der Waals surface area contributed by atoms with E-state index in [0.717, 1.165) is 19.4 Å². The van der Waals surface area contributed by atoms with Crippen molar-refractivity contribution in [1.82, 2.24) is 9.80 Å². The molecular weight excluding hydrogens is 264 g/mol. The van der Waals surface area contributed by atoms with Crippen LogP contribution in [0.4, 0.5) is 0 Å². The summed E-state index contributed by atoms with van der Waals surface area (Å²) in [7, 11) is 1.95. The number of hydrogen-bond donors (Lipinski definition) is 1. The lowest BCUT2D eigenvalue weighted by Crippen LogP contribution is -2.39. The number of likely N-dealkylation sites (tertiary alicyclic amines) is 1. The van der Waals surface area contributed by atoms with Gasteiger partial charge in [0.25, 0.3) is 0 Å². The number of carboxylic acid groups (broad SMARTS) is 1. The molecule has 0 aromatic rings. The van der Waals surface area contributed by atoms with E-state index in [9.17, 15) is 4.79 Å². The Balaban J connectivity index is 2.54. The number of rotatable bonds is 8. The molecule has 1 rings (SSSR count). The van der Waals surface area contributed by atoms with E-state index in [4.69, 9.17) is 5.11 Å². The van der Waals surface area contributed by atoms with Crippen molar-refractivity contribution in [3.8, 4) is 0 Å². The number of aliphatic carboxylic acids is 1. The normalized spacial score (nSPS) is 21.5. The molecule has 21 heavy (non-hydrogen) atoms. The van der Waals surface area contributed by atoms with Crippen LogP contribution in [-0.4, -0.2) is 60.1 Å². The predicted molar refractivity (Wildman–Crippen MR) is 87.7 cm³/mol. The molecule has 1 unspecified atom stereocenters. The van der Waals surface area contributed by atoms with Gasteiger partial charge < -0.3 is 10.0 Å². The second-order valence-electron chi connectivity index (χ2n) is 6.73. The minimum absolute atomic E-state index is 0.160. The number of hydrogen-bond acceptors (Lipinski definition) is 3. The van der Waals surface area contributed by atoms with Crippen LogP contribution in [0.1, 0.15) is 59.3 Å². The Kier molecular flexibility index (Phi) is 7.67. The van der Waals surface area contributed by atoms with Gasteiger partial charge >= 0.3 is 5.97 Å². The summed E-state index contributed by atoms with van der Waals surface area (Å²) in [5.41, 5.74) is 0.465. The van der Waals surface area contributed by atoms with E-state index < -0.39 is 5.97 Å². The van der Waals surface area contributed by atoms with Crippen LogP contribution in [-0.2, 0) is 4.79 Å². The largest absolute Gasteiger partial charge is 0.480 e. The smallest absolute Gasteiger partial charge is 0.317 e. The summed E-state index contributed by atoms with van der Waals surface area (Å²) >= 11 is 0. The Hall–Kier alpha value is -0.610. The van der Waals surface area contributed by atoms with Crippen LogP contribution in [0.15, 0.2) is 0 Å². The van der Waals surface area contributed by atoms with Gasteiger partial charge in [-0.15, -0.1) is 0 Å². The topological polar surface area (TPSA) is 43.8 Å². The lowest BCUT2D eigenvalue weighted by molar-refractivity contribution is -0.138. The summed E-state index contributed by atoms with van der Waals surface area (Å²) in [6.45, 7) is 10.6. The summed E-state index contributed by atoms with van der Waals surface area (Å²) < 4.78 is 0. The first-order valence-electron chi connectivity index (χ1n) is 8.60. The van der Waals surface area contributed by atoms with Crippen molar-refractivity contribution in [2.24, 2.45) is 5.41 Å². The SMILES string of the molecule is CCC(CC)(CC)CN1CCCC(N(C)CC(=O)O)CC1. The van der Waals surface area contributed by atoms with Gasteiger partial charge in [-0.05, 0) is 64.1 Å². The molecule has 0 aliphatic carbocycles. The van der Waals surface area contributed by atoms with E-state index in [0.29, 0.717) is 11.5 Å². The molecule has 4 heteroatoms. The van der Waals surface area contributed by atoms with Crippen LogP contribution in [0, 0.1) is 5.41 Å². The van der Waals surface area contributed by atoms with Gasteiger partial charge in [0.2, 0.25) is 0 Å². The van der Waals surface area contributed by atoms with Crippen molar-refractivity contribution in [3.63, 3.8) is 0 Å². The Morgan fingerprint density at radius 1 is 1.19 bits per heavy atom. The lowest BCUT2D eigenvalue weighted by atomic mass is 9.79. The molecule has 0 radical (unpaired) electrons. The predicted octanol–water partition coefficient (Wildman–Crippen LogP) is 3.07. The summed E-state index contributed by atoms with van der Waals surface area (Å²) in [6.07, 6.45) is 7.15. The number of likely N-dealkylation sites (N-methyl/N-ethyl adjacent to an activating group) is 1. The van der Waals surface area contributed by atoms with Crippen LogP contribution in [0.3, 0.4) is 0 Å². The minimum atomic E-state index is -0.722. The molecule has 0 amide bonds. The molecule has 1 fully saturated rings. The van der Waals surface area contributed by atoms with Crippen molar-refractivity contribution >= 4 is 5.97 Å². The first-order chi connectivity index (χ1) is 9.96. The number of carboxylic acids is 1. The molecule has 0 spiro atoms. The lowest BCUT2D eigenvalue weighted by Gasteiger charge is -2.36. The Morgan fingerprint density at radius 3 is 2.33 bits per heavy atom. The van der Waals surface area contributed by atoms with Gasteiger partial charge in [-0.1, -0.05) is 20.8 Å². The van der Waals surface area contributed by atoms with Crippen LogP contribution in [0.5, 0.6) is 0 Å². The summed E-state index contributed by atoms with van der Waals surface area (Å²) in [4.78, 5) is 15.5. The highest BCUT2D eigenvalue weighted by Crippen LogP contribution is 2.32. The molecule has 0 aromatic carbocycles. The van der Waals surface area contributed by atoms with Crippen LogP contribution < -0.4 is 0 Å². The van der Waals surface area contributed by atoms with Gasteiger partial charge in [0, 0.05) is 12.6 Å². The highest BCUT2D eigenvalue weighted by molar-refractivity contribution is 5.69. The third-order valence-corrected chi connectivity index (χ3v) is 5.61. The summed E-state index contributed by atoms with van der Waals surface area (Å²) in [6, 6.07) is 0.422. The molecule has 1 saturated heterocycles.